The van der Waals surface area contributed by atoms with Crippen molar-refractivity contribution < 1.29 is 0 Å². The summed E-state index contributed by atoms with van der Waals surface area (Å²) >= 11 is 5.64. The van der Waals surface area contributed by atoms with Gasteiger partial charge in [-0.05, 0) is 56.7 Å². The summed E-state index contributed by atoms with van der Waals surface area (Å²) in [6.45, 7) is 0. The zero-order chi connectivity index (χ0) is 9.42. The number of H-pyrrole nitrogens is 1. The van der Waals surface area contributed by atoms with Crippen LogP contribution in [0.4, 0.5) is 0 Å². The van der Waals surface area contributed by atoms with Crippen molar-refractivity contribution in [1.29, 1.82) is 0 Å². The molecule has 0 saturated carbocycles. The molecule has 1 aromatic heterocycles. The molecule has 1 heterocycles. The van der Waals surface area contributed by atoms with Crippen LogP contribution in [0.1, 0.15) is 0 Å². The average molecular weight is 350 g/mol. The topological polar surface area (TPSA) is 32.9 Å². The van der Waals surface area contributed by atoms with Crippen LogP contribution in [0, 0.1) is 3.57 Å². The Balaban J connectivity index is 3.00. The van der Waals surface area contributed by atoms with E-state index < -0.39 is 0 Å². The Morgan fingerprint density at radius 3 is 2.77 bits per heavy atom. The van der Waals surface area contributed by atoms with Gasteiger partial charge in [0.25, 0.3) is 0 Å². The Bertz CT molecular complexity index is 520. The van der Waals surface area contributed by atoms with Gasteiger partial charge in [-0.2, -0.15) is 0 Å². The van der Waals surface area contributed by atoms with E-state index in [4.69, 9.17) is 0 Å². The number of rotatable bonds is 0. The number of benzene rings is 1. The first-order chi connectivity index (χ1) is 6.18. The number of hydrogen-bond donors (Lipinski definition) is 1. The Hall–Kier alpha value is -0.360. The molecule has 0 aliphatic carbocycles. The first kappa shape index (κ1) is 9.21. The van der Waals surface area contributed by atoms with Crippen molar-refractivity contribution in [3.05, 3.63) is 42.7 Å². The summed E-state index contributed by atoms with van der Waals surface area (Å²) in [7, 11) is 0. The zero-order valence-electron chi connectivity index (χ0n) is 6.47. The van der Waals surface area contributed by atoms with Gasteiger partial charge >= 0.3 is 0 Å². The molecule has 2 aromatic rings. The molecule has 0 unspecified atom stereocenters. The van der Waals surface area contributed by atoms with E-state index in [1.54, 1.807) is 0 Å². The van der Waals surface area contributed by atoms with Gasteiger partial charge in [0.2, 0.25) is 5.56 Å². The average Bonchev–Trinajstić information content (AvgIpc) is 2.12. The van der Waals surface area contributed by atoms with Crippen molar-refractivity contribution in [3.63, 3.8) is 0 Å². The van der Waals surface area contributed by atoms with Crippen LogP contribution in [0.2, 0.25) is 0 Å². The summed E-state index contributed by atoms with van der Waals surface area (Å²) in [6, 6.07) is 7.31. The Kier molecular flexibility index (Phi) is 2.42. The van der Waals surface area contributed by atoms with Crippen LogP contribution in [0.5, 0.6) is 0 Å². The lowest BCUT2D eigenvalue weighted by Gasteiger charge is -2.01. The molecule has 0 aliphatic rings. The van der Waals surface area contributed by atoms with Crippen LogP contribution in [0.25, 0.3) is 10.9 Å². The molecule has 0 aliphatic heterocycles. The fourth-order valence-corrected chi connectivity index (χ4v) is 2.26. The third-order valence-electron chi connectivity index (χ3n) is 1.79. The third-order valence-corrected chi connectivity index (χ3v) is 3.39. The maximum absolute atomic E-state index is 11.1. The number of nitrogens with one attached hydrogen (secondary N) is 1. The van der Waals surface area contributed by atoms with Crippen molar-refractivity contribution in [2.24, 2.45) is 0 Å². The van der Waals surface area contributed by atoms with Crippen LogP contribution in [-0.2, 0) is 0 Å². The minimum atomic E-state index is -0.0739. The Morgan fingerprint density at radius 1 is 1.23 bits per heavy atom. The number of halogens is 2. The van der Waals surface area contributed by atoms with Crippen molar-refractivity contribution in [2.75, 3.05) is 0 Å². The summed E-state index contributed by atoms with van der Waals surface area (Å²) in [5.41, 5.74) is 0.787. The molecule has 1 N–H and O–H groups in total. The summed E-state index contributed by atoms with van der Waals surface area (Å²) < 4.78 is 2.05. The van der Waals surface area contributed by atoms with E-state index in [9.17, 15) is 4.79 Å². The molecule has 0 atom stereocenters. The fraction of sp³-hybridized carbons (Fsp3) is 0. The van der Waals surface area contributed by atoms with Gasteiger partial charge in [0.1, 0.15) is 0 Å². The molecule has 0 spiro atoms. The van der Waals surface area contributed by atoms with E-state index in [0.717, 1.165) is 18.9 Å². The fourth-order valence-electron chi connectivity index (χ4n) is 1.18. The predicted octanol–water partition coefficient (Wildman–Crippen LogP) is 2.90. The number of fused-ring (bicyclic) bond motifs is 1. The molecule has 0 saturated heterocycles. The minimum Gasteiger partial charge on any atom is -0.321 e. The van der Waals surface area contributed by atoms with Gasteiger partial charge in [0.15, 0.2) is 0 Å². The highest BCUT2D eigenvalue weighted by Gasteiger charge is 2.02. The second-order valence-electron chi connectivity index (χ2n) is 2.64. The monoisotopic (exact) mass is 349 g/mol. The zero-order valence-corrected chi connectivity index (χ0v) is 10.2. The minimum absolute atomic E-state index is 0.0739. The quantitative estimate of drug-likeness (QED) is 0.729. The highest BCUT2D eigenvalue weighted by Crippen LogP contribution is 2.24. The summed E-state index contributed by atoms with van der Waals surface area (Å²) in [5, 5.41) is 1.06. The number of hydrogen-bond acceptors (Lipinski definition) is 1. The molecule has 0 radical (unpaired) electrons. The smallest absolute Gasteiger partial charge is 0.248 e. The molecule has 0 amide bonds. The molecule has 66 valence electrons. The summed E-state index contributed by atoms with van der Waals surface area (Å²) in [4.78, 5) is 13.9. The van der Waals surface area contributed by atoms with Gasteiger partial charge in [-0.15, -0.1) is 0 Å². The maximum Gasteiger partial charge on any atom is 0.248 e. The molecule has 0 bridgehead atoms. The van der Waals surface area contributed by atoms with Crippen LogP contribution in [0.3, 0.4) is 0 Å². The van der Waals surface area contributed by atoms with E-state index in [2.05, 4.69) is 43.5 Å². The molecular formula is C9H5BrINO. The first-order valence-corrected chi connectivity index (χ1v) is 5.53. The van der Waals surface area contributed by atoms with Crippen molar-refractivity contribution in [2.45, 2.75) is 0 Å². The molecule has 4 heteroatoms. The summed E-state index contributed by atoms with van der Waals surface area (Å²) in [5.74, 6) is 0. The van der Waals surface area contributed by atoms with Crippen LogP contribution < -0.4 is 5.56 Å². The van der Waals surface area contributed by atoms with E-state index >= 15 is 0 Å². The maximum atomic E-state index is 11.1. The van der Waals surface area contributed by atoms with Crippen molar-refractivity contribution >= 4 is 49.4 Å². The van der Waals surface area contributed by atoms with Gasteiger partial charge in [0.05, 0.1) is 5.52 Å². The van der Waals surface area contributed by atoms with E-state index in [0.29, 0.717) is 0 Å². The van der Waals surface area contributed by atoms with Crippen LogP contribution >= 0.6 is 38.5 Å². The molecule has 2 nitrogen and oxygen atoms in total. The Labute approximate surface area is 96.6 Å². The van der Waals surface area contributed by atoms with Crippen molar-refractivity contribution in [3.8, 4) is 0 Å². The second kappa shape index (κ2) is 3.42. The number of aromatic nitrogens is 1. The summed E-state index contributed by atoms with van der Waals surface area (Å²) in [6.07, 6.45) is 0. The Morgan fingerprint density at radius 2 is 2.00 bits per heavy atom. The molecule has 0 fully saturated rings. The highest BCUT2D eigenvalue weighted by atomic mass is 127. The number of aromatic amines is 1. The van der Waals surface area contributed by atoms with Crippen molar-refractivity contribution in [1.82, 2.24) is 4.98 Å². The lowest BCUT2D eigenvalue weighted by molar-refractivity contribution is 1.30. The molecular weight excluding hydrogens is 345 g/mol. The van der Waals surface area contributed by atoms with E-state index in [1.807, 2.05) is 18.2 Å². The standard InChI is InChI=1S/C9H5BrINO/c10-6-2-3-7(11)5-1-4-8(13)12-9(5)6/h1-4H,(H,12,13). The van der Waals surface area contributed by atoms with Gasteiger partial charge in [-0.25, -0.2) is 0 Å². The van der Waals surface area contributed by atoms with Crippen LogP contribution in [0.15, 0.2) is 33.5 Å². The van der Waals surface area contributed by atoms with Gasteiger partial charge in [-0.3, -0.25) is 4.79 Å². The molecule has 2 rings (SSSR count). The van der Waals surface area contributed by atoms with Gasteiger partial charge < -0.3 is 4.98 Å². The largest absolute Gasteiger partial charge is 0.321 e. The molecule has 13 heavy (non-hydrogen) atoms. The van der Waals surface area contributed by atoms with E-state index in [-0.39, 0.29) is 5.56 Å². The molecule has 1 aromatic carbocycles. The first-order valence-electron chi connectivity index (χ1n) is 3.65. The number of pyridine rings is 1. The van der Waals surface area contributed by atoms with Gasteiger partial charge in [0, 0.05) is 19.5 Å². The highest BCUT2D eigenvalue weighted by molar-refractivity contribution is 14.1. The predicted molar refractivity (Wildman–Crippen MR) is 65.0 cm³/mol. The SMILES string of the molecule is O=c1ccc2c(I)ccc(Br)c2[nH]1. The second-order valence-corrected chi connectivity index (χ2v) is 4.66. The normalized spacial score (nSPS) is 10.6. The van der Waals surface area contributed by atoms with E-state index in [1.165, 1.54) is 6.07 Å². The lowest BCUT2D eigenvalue weighted by Crippen LogP contribution is -2.03. The van der Waals surface area contributed by atoms with Gasteiger partial charge in [-0.1, -0.05) is 0 Å². The lowest BCUT2D eigenvalue weighted by atomic mass is 10.2. The van der Waals surface area contributed by atoms with Crippen LogP contribution in [-0.4, -0.2) is 4.98 Å². The third kappa shape index (κ3) is 1.65.